The van der Waals surface area contributed by atoms with Crippen molar-refractivity contribution in [3.63, 3.8) is 0 Å². The third kappa shape index (κ3) is 1.40. The summed E-state index contributed by atoms with van der Waals surface area (Å²) in [5.41, 5.74) is -1.49. The third-order valence-electron chi connectivity index (χ3n) is 3.26. The van der Waals surface area contributed by atoms with Gasteiger partial charge in [-0.25, -0.2) is 8.78 Å². The van der Waals surface area contributed by atoms with Crippen molar-refractivity contribution in [2.45, 2.75) is 44.5 Å². The quantitative estimate of drug-likeness (QED) is 0.779. The lowest BCUT2D eigenvalue weighted by atomic mass is 9.95. The maximum absolute atomic E-state index is 13.5. The molecule has 1 aliphatic heterocycles. The Hall–Kier alpha value is -0.260. The molecule has 0 aromatic rings. The zero-order chi connectivity index (χ0) is 11.3. The normalized spacial score (nSPS) is 42.8. The molecule has 5 heteroatoms. The van der Waals surface area contributed by atoms with Gasteiger partial charge in [0.1, 0.15) is 11.5 Å². The highest BCUT2D eigenvalue weighted by molar-refractivity contribution is 5.25. The number of rotatable bonds is 3. The van der Waals surface area contributed by atoms with Crippen LogP contribution in [0.15, 0.2) is 0 Å². The van der Waals surface area contributed by atoms with Crippen molar-refractivity contribution >= 4 is 0 Å². The van der Waals surface area contributed by atoms with Gasteiger partial charge < -0.3 is 14.6 Å². The Morgan fingerprint density at radius 1 is 1.53 bits per heavy atom. The van der Waals surface area contributed by atoms with Gasteiger partial charge in [-0.2, -0.15) is 0 Å². The molecule has 3 unspecified atom stereocenters. The van der Waals surface area contributed by atoms with Crippen LogP contribution in [-0.2, 0) is 9.47 Å². The highest BCUT2D eigenvalue weighted by Crippen LogP contribution is 2.66. The summed E-state index contributed by atoms with van der Waals surface area (Å²) in [4.78, 5) is 0. The standard InChI is InChI=1S/C10H16F2O3/c1-6(2)15-5-9-7(13)3-4-14-8(9)10(9,11)12/h6-8,13H,3-5H2,1-2H3. The van der Waals surface area contributed by atoms with Crippen LogP contribution < -0.4 is 0 Å². The molecule has 2 rings (SSSR count). The second-order valence-electron chi connectivity index (χ2n) is 4.58. The lowest BCUT2D eigenvalue weighted by molar-refractivity contribution is -0.0897. The Morgan fingerprint density at radius 2 is 2.20 bits per heavy atom. The summed E-state index contributed by atoms with van der Waals surface area (Å²) in [5.74, 6) is -2.95. The molecule has 0 radical (unpaired) electrons. The lowest BCUT2D eigenvalue weighted by Crippen LogP contribution is -2.38. The Morgan fingerprint density at radius 3 is 2.73 bits per heavy atom. The van der Waals surface area contributed by atoms with Gasteiger partial charge in [0.15, 0.2) is 0 Å². The second-order valence-corrected chi connectivity index (χ2v) is 4.58. The van der Waals surface area contributed by atoms with Crippen molar-refractivity contribution in [3.8, 4) is 0 Å². The van der Waals surface area contributed by atoms with Crippen LogP contribution in [-0.4, -0.2) is 42.6 Å². The lowest BCUT2D eigenvalue weighted by Gasteiger charge is -2.26. The Bertz CT molecular complexity index is 257. The first-order valence-electron chi connectivity index (χ1n) is 5.22. The molecule has 88 valence electrons. The van der Waals surface area contributed by atoms with Gasteiger partial charge in [0.25, 0.3) is 5.92 Å². The van der Waals surface area contributed by atoms with E-state index in [9.17, 15) is 13.9 Å². The Labute approximate surface area is 87.4 Å². The summed E-state index contributed by atoms with van der Waals surface area (Å²) in [7, 11) is 0. The minimum Gasteiger partial charge on any atom is -0.392 e. The van der Waals surface area contributed by atoms with Crippen LogP contribution in [0.2, 0.25) is 0 Å². The number of halogens is 2. The van der Waals surface area contributed by atoms with E-state index in [2.05, 4.69) is 0 Å². The van der Waals surface area contributed by atoms with E-state index in [1.165, 1.54) is 0 Å². The van der Waals surface area contributed by atoms with Gasteiger partial charge in [-0.15, -0.1) is 0 Å². The molecular weight excluding hydrogens is 206 g/mol. The number of alkyl halides is 2. The van der Waals surface area contributed by atoms with Crippen molar-refractivity contribution in [3.05, 3.63) is 0 Å². The van der Waals surface area contributed by atoms with E-state index in [0.717, 1.165) is 0 Å². The first-order chi connectivity index (χ1) is 6.93. The number of hydrogen-bond donors (Lipinski definition) is 1. The maximum Gasteiger partial charge on any atom is 0.287 e. The molecule has 2 fully saturated rings. The smallest absolute Gasteiger partial charge is 0.287 e. The van der Waals surface area contributed by atoms with E-state index in [4.69, 9.17) is 9.47 Å². The first-order valence-corrected chi connectivity index (χ1v) is 5.22. The zero-order valence-corrected chi connectivity index (χ0v) is 8.87. The predicted molar refractivity (Wildman–Crippen MR) is 48.8 cm³/mol. The summed E-state index contributed by atoms with van der Waals surface area (Å²) in [6.45, 7) is 3.62. The molecule has 1 saturated carbocycles. The van der Waals surface area contributed by atoms with Crippen molar-refractivity contribution in [2.75, 3.05) is 13.2 Å². The summed E-state index contributed by atoms with van der Waals surface area (Å²) < 4.78 is 37.2. The van der Waals surface area contributed by atoms with Gasteiger partial charge in [-0.1, -0.05) is 0 Å². The number of ether oxygens (including phenoxy) is 2. The van der Waals surface area contributed by atoms with Crippen LogP contribution in [0.1, 0.15) is 20.3 Å². The highest BCUT2D eigenvalue weighted by Gasteiger charge is 2.86. The van der Waals surface area contributed by atoms with Gasteiger partial charge in [-0.3, -0.25) is 0 Å². The summed E-state index contributed by atoms with van der Waals surface area (Å²) in [5, 5.41) is 9.68. The number of aliphatic hydroxyl groups excluding tert-OH is 1. The van der Waals surface area contributed by atoms with Crippen molar-refractivity contribution in [1.82, 2.24) is 0 Å². The molecule has 0 bridgehead atoms. The molecule has 3 atom stereocenters. The molecule has 1 heterocycles. The SMILES string of the molecule is CC(C)OCC12C(O)CCOC1C2(F)F. The molecule has 1 saturated heterocycles. The average Bonchev–Trinajstić information content (AvgIpc) is 2.63. The molecule has 3 nitrogen and oxygen atoms in total. The molecule has 1 N–H and O–H groups in total. The summed E-state index contributed by atoms with van der Waals surface area (Å²) in [6, 6.07) is 0. The highest BCUT2D eigenvalue weighted by atomic mass is 19.3. The van der Waals surface area contributed by atoms with E-state index in [1.54, 1.807) is 13.8 Å². The van der Waals surface area contributed by atoms with Crippen LogP contribution in [0.25, 0.3) is 0 Å². The maximum atomic E-state index is 13.5. The molecule has 0 aromatic carbocycles. The summed E-state index contributed by atoms with van der Waals surface area (Å²) in [6.07, 6.45) is -2.05. The zero-order valence-electron chi connectivity index (χ0n) is 8.87. The van der Waals surface area contributed by atoms with Crippen LogP contribution in [0.5, 0.6) is 0 Å². The summed E-state index contributed by atoms with van der Waals surface area (Å²) >= 11 is 0. The van der Waals surface area contributed by atoms with E-state index >= 15 is 0 Å². The van der Waals surface area contributed by atoms with Gasteiger partial charge in [0.2, 0.25) is 0 Å². The minimum atomic E-state index is -2.95. The number of hydrogen-bond acceptors (Lipinski definition) is 3. The van der Waals surface area contributed by atoms with Crippen molar-refractivity contribution < 1.29 is 23.4 Å². The second kappa shape index (κ2) is 3.37. The van der Waals surface area contributed by atoms with Gasteiger partial charge in [0, 0.05) is 6.61 Å². The molecule has 2 aliphatic rings. The van der Waals surface area contributed by atoms with E-state index in [1.807, 2.05) is 0 Å². The Balaban J connectivity index is 2.10. The van der Waals surface area contributed by atoms with Gasteiger partial charge in [-0.05, 0) is 20.3 Å². The van der Waals surface area contributed by atoms with E-state index < -0.39 is 23.5 Å². The van der Waals surface area contributed by atoms with Crippen LogP contribution >= 0.6 is 0 Å². The monoisotopic (exact) mass is 222 g/mol. The fourth-order valence-electron chi connectivity index (χ4n) is 2.22. The molecule has 15 heavy (non-hydrogen) atoms. The van der Waals surface area contributed by atoms with Gasteiger partial charge >= 0.3 is 0 Å². The van der Waals surface area contributed by atoms with E-state index in [-0.39, 0.29) is 25.7 Å². The third-order valence-corrected chi connectivity index (χ3v) is 3.26. The molecule has 1 aliphatic carbocycles. The molecule has 0 spiro atoms. The molecular formula is C10H16F2O3. The van der Waals surface area contributed by atoms with Gasteiger partial charge in [0.05, 0.1) is 18.8 Å². The van der Waals surface area contributed by atoms with Crippen LogP contribution in [0.4, 0.5) is 8.78 Å². The topological polar surface area (TPSA) is 38.7 Å². The molecule has 0 amide bonds. The Kier molecular flexibility index (Phi) is 2.52. The fraction of sp³-hybridized carbons (Fsp3) is 1.00. The first kappa shape index (κ1) is 11.2. The largest absolute Gasteiger partial charge is 0.392 e. The fourth-order valence-corrected chi connectivity index (χ4v) is 2.22. The number of fused-ring (bicyclic) bond motifs is 1. The minimum absolute atomic E-state index is 0.120. The predicted octanol–water partition coefficient (Wildman–Crippen LogP) is 1.20. The van der Waals surface area contributed by atoms with E-state index in [0.29, 0.717) is 0 Å². The van der Waals surface area contributed by atoms with Crippen LogP contribution in [0, 0.1) is 5.41 Å². The van der Waals surface area contributed by atoms with Crippen LogP contribution in [0.3, 0.4) is 0 Å². The van der Waals surface area contributed by atoms with Crippen molar-refractivity contribution in [2.24, 2.45) is 5.41 Å². The molecule has 0 aromatic heterocycles. The number of aliphatic hydroxyl groups is 1. The van der Waals surface area contributed by atoms with Crippen molar-refractivity contribution in [1.29, 1.82) is 0 Å². The average molecular weight is 222 g/mol.